The minimum atomic E-state index is -0.538. The first-order valence-electron chi connectivity index (χ1n) is 7.60. The van der Waals surface area contributed by atoms with Crippen LogP contribution in [0.15, 0.2) is 18.2 Å². The van der Waals surface area contributed by atoms with Gasteiger partial charge in [0.25, 0.3) is 5.91 Å². The van der Waals surface area contributed by atoms with Crippen molar-refractivity contribution in [2.45, 2.75) is 26.2 Å². The molecule has 116 valence electrons. The lowest BCUT2D eigenvalue weighted by atomic mass is 9.97. The van der Waals surface area contributed by atoms with Gasteiger partial charge < -0.3 is 15.3 Å². The quantitative estimate of drug-likeness (QED) is 0.876. The molecule has 1 aliphatic rings. The van der Waals surface area contributed by atoms with Gasteiger partial charge in [-0.3, -0.25) is 4.79 Å². The number of phenolic OH excluding ortho intramolecular Hbond substituents is 1. The number of hydrogen-bond acceptors (Lipinski definition) is 3. The Labute approximate surface area is 125 Å². The molecule has 1 heterocycles. The first-order chi connectivity index (χ1) is 10.1. The largest absolute Gasteiger partial charge is 0.507 e. The lowest BCUT2D eigenvalue weighted by molar-refractivity contribution is 0.0713. The fourth-order valence-corrected chi connectivity index (χ4v) is 2.78. The molecule has 0 aromatic heterocycles. The number of halogens is 1. The van der Waals surface area contributed by atoms with Gasteiger partial charge >= 0.3 is 0 Å². The van der Waals surface area contributed by atoms with Gasteiger partial charge in [0.15, 0.2) is 0 Å². The molecule has 0 radical (unpaired) electrons. The third kappa shape index (κ3) is 4.17. The molecule has 2 rings (SSSR count). The summed E-state index contributed by atoms with van der Waals surface area (Å²) in [5.41, 5.74) is 0.179. The number of carbonyl (C=O) groups is 1. The van der Waals surface area contributed by atoms with Crippen LogP contribution in [0.5, 0.6) is 5.75 Å². The van der Waals surface area contributed by atoms with Crippen molar-refractivity contribution in [2.75, 3.05) is 26.2 Å². The fraction of sp³-hybridized carbons (Fsp3) is 0.562. The number of carbonyl (C=O) groups excluding carboxylic acids is 1. The molecule has 1 aromatic carbocycles. The van der Waals surface area contributed by atoms with Gasteiger partial charge in [-0.05, 0) is 50.4 Å². The zero-order chi connectivity index (χ0) is 15.2. The smallest absolute Gasteiger partial charge is 0.257 e. The Balaban J connectivity index is 2.10. The third-order valence-electron chi connectivity index (χ3n) is 3.91. The molecule has 0 aliphatic carbocycles. The first kappa shape index (κ1) is 15.8. The lowest BCUT2D eigenvalue weighted by Crippen LogP contribution is -2.39. The molecule has 0 spiro atoms. The summed E-state index contributed by atoms with van der Waals surface area (Å²) in [6.07, 6.45) is 2.98. The van der Waals surface area contributed by atoms with Crippen LogP contribution in [0.25, 0.3) is 0 Å². The Bertz CT molecular complexity index is 487. The van der Waals surface area contributed by atoms with E-state index in [0.29, 0.717) is 19.0 Å². The van der Waals surface area contributed by atoms with E-state index in [1.807, 2.05) is 6.92 Å². The summed E-state index contributed by atoms with van der Waals surface area (Å²) >= 11 is 0. The number of rotatable bonds is 5. The van der Waals surface area contributed by atoms with E-state index in [9.17, 15) is 14.3 Å². The van der Waals surface area contributed by atoms with E-state index < -0.39 is 5.82 Å². The van der Waals surface area contributed by atoms with Gasteiger partial charge in [0, 0.05) is 19.2 Å². The number of nitrogens with one attached hydrogen (secondary N) is 1. The summed E-state index contributed by atoms with van der Waals surface area (Å²) in [5, 5.41) is 13.1. The molecule has 0 unspecified atom stereocenters. The fourth-order valence-electron chi connectivity index (χ4n) is 2.78. The number of aromatic hydroxyl groups is 1. The maximum atomic E-state index is 13.0. The predicted molar refractivity (Wildman–Crippen MR) is 79.9 cm³/mol. The number of amides is 1. The maximum absolute atomic E-state index is 13.0. The topological polar surface area (TPSA) is 52.6 Å². The number of piperidine rings is 1. The minimum absolute atomic E-state index is 0.179. The van der Waals surface area contributed by atoms with Crippen LogP contribution >= 0.6 is 0 Å². The highest BCUT2D eigenvalue weighted by atomic mass is 19.1. The molecular formula is C16H23FN2O2. The first-order valence-corrected chi connectivity index (χ1v) is 7.60. The Morgan fingerprint density at radius 3 is 2.76 bits per heavy atom. The molecule has 1 amide bonds. The van der Waals surface area contributed by atoms with Crippen molar-refractivity contribution in [3.63, 3.8) is 0 Å². The lowest BCUT2D eigenvalue weighted by Gasteiger charge is -2.30. The third-order valence-corrected chi connectivity index (χ3v) is 3.91. The number of phenols is 1. The summed E-state index contributed by atoms with van der Waals surface area (Å²) in [6, 6.07) is 3.56. The molecule has 0 atom stereocenters. The van der Waals surface area contributed by atoms with Gasteiger partial charge in [0.2, 0.25) is 0 Å². The van der Waals surface area contributed by atoms with Crippen LogP contribution in [0.1, 0.15) is 36.5 Å². The summed E-state index contributed by atoms with van der Waals surface area (Å²) < 4.78 is 13.0. The van der Waals surface area contributed by atoms with Gasteiger partial charge in [-0.15, -0.1) is 0 Å². The average molecular weight is 294 g/mol. The van der Waals surface area contributed by atoms with E-state index >= 15 is 0 Å². The molecule has 21 heavy (non-hydrogen) atoms. The Morgan fingerprint density at radius 2 is 2.14 bits per heavy atom. The molecule has 0 saturated carbocycles. The second-order valence-electron chi connectivity index (χ2n) is 5.61. The van der Waals surface area contributed by atoms with E-state index in [-0.39, 0.29) is 17.2 Å². The van der Waals surface area contributed by atoms with E-state index in [2.05, 4.69) is 5.32 Å². The SMILES string of the molecule is CCCN(CC1CCNCC1)C(=O)c1ccc(F)cc1O. The van der Waals surface area contributed by atoms with E-state index in [0.717, 1.165) is 38.4 Å². The standard InChI is InChI=1S/C16H23FN2O2/c1-2-9-19(11-12-5-7-18-8-6-12)16(21)14-4-3-13(17)10-15(14)20/h3-4,10,12,18,20H,2,5-9,11H2,1H3. The van der Waals surface area contributed by atoms with Crippen LogP contribution < -0.4 is 5.32 Å². The normalized spacial score (nSPS) is 15.9. The van der Waals surface area contributed by atoms with Crippen molar-refractivity contribution in [3.05, 3.63) is 29.6 Å². The van der Waals surface area contributed by atoms with Crippen molar-refractivity contribution < 1.29 is 14.3 Å². The highest BCUT2D eigenvalue weighted by molar-refractivity contribution is 5.96. The summed E-state index contributed by atoms with van der Waals surface area (Å²) in [7, 11) is 0. The van der Waals surface area contributed by atoms with Gasteiger partial charge in [-0.1, -0.05) is 6.92 Å². The number of nitrogens with zero attached hydrogens (tertiary/aromatic N) is 1. The predicted octanol–water partition coefficient (Wildman–Crippen LogP) is 2.38. The van der Waals surface area contributed by atoms with E-state index in [4.69, 9.17) is 0 Å². The zero-order valence-electron chi connectivity index (χ0n) is 12.4. The minimum Gasteiger partial charge on any atom is -0.507 e. The molecular weight excluding hydrogens is 271 g/mol. The second kappa shape index (κ2) is 7.41. The molecule has 5 heteroatoms. The highest BCUT2D eigenvalue weighted by Crippen LogP contribution is 2.22. The van der Waals surface area contributed by atoms with Crippen molar-refractivity contribution in [1.29, 1.82) is 0 Å². The van der Waals surface area contributed by atoms with Crippen molar-refractivity contribution in [2.24, 2.45) is 5.92 Å². The summed E-state index contributed by atoms with van der Waals surface area (Å²) in [5.74, 6) is -0.548. The average Bonchev–Trinajstić information content (AvgIpc) is 2.47. The highest BCUT2D eigenvalue weighted by Gasteiger charge is 2.23. The molecule has 1 aromatic rings. The number of hydrogen-bond donors (Lipinski definition) is 2. The van der Waals surface area contributed by atoms with Gasteiger partial charge in [-0.2, -0.15) is 0 Å². The zero-order valence-corrected chi connectivity index (χ0v) is 12.4. The monoisotopic (exact) mass is 294 g/mol. The van der Waals surface area contributed by atoms with Crippen molar-refractivity contribution in [1.82, 2.24) is 10.2 Å². The Kier molecular flexibility index (Phi) is 5.56. The molecule has 0 bridgehead atoms. The van der Waals surface area contributed by atoms with Crippen molar-refractivity contribution >= 4 is 5.91 Å². The molecule has 1 saturated heterocycles. The Hall–Kier alpha value is -1.62. The molecule has 4 nitrogen and oxygen atoms in total. The van der Waals surface area contributed by atoms with Crippen LogP contribution in [0.2, 0.25) is 0 Å². The summed E-state index contributed by atoms with van der Waals surface area (Å²) in [6.45, 7) is 5.35. The second-order valence-corrected chi connectivity index (χ2v) is 5.61. The molecule has 2 N–H and O–H groups in total. The van der Waals surface area contributed by atoms with Crippen LogP contribution in [0, 0.1) is 11.7 Å². The van der Waals surface area contributed by atoms with Gasteiger partial charge in [0.1, 0.15) is 11.6 Å². The van der Waals surface area contributed by atoms with E-state index in [1.165, 1.54) is 12.1 Å². The Morgan fingerprint density at radius 1 is 1.43 bits per heavy atom. The summed E-state index contributed by atoms with van der Waals surface area (Å²) in [4.78, 5) is 14.3. The van der Waals surface area contributed by atoms with Crippen molar-refractivity contribution in [3.8, 4) is 5.75 Å². The van der Waals surface area contributed by atoms with E-state index in [1.54, 1.807) is 4.90 Å². The maximum Gasteiger partial charge on any atom is 0.257 e. The van der Waals surface area contributed by atoms with Crippen LogP contribution in [-0.2, 0) is 0 Å². The number of benzene rings is 1. The van der Waals surface area contributed by atoms with Crippen LogP contribution in [0.4, 0.5) is 4.39 Å². The van der Waals surface area contributed by atoms with Crippen LogP contribution in [-0.4, -0.2) is 42.1 Å². The van der Waals surface area contributed by atoms with Gasteiger partial charge in [-0.25, -0.2) is 4.39 Å². The molecule has 1 fully saturated rings. The van der Waals surface area contributed by atoms with Crippen LogP contribution in [0.3, 0.4) is 0 Å². The molecule has 1 aliphatic heterocycles. The van der Waals surface area contributed by atoms with Gasteiger partial charge in [0.05, 0.1) is 5.56 Å².